The van der Waals surface area contributed by atoms with Crippen molar-refractivity contribution in [2.24, 2.45) is 0 Å². The lowest BCUT2D eigenvalue weighted by Crippen LogP contribution is -2.18. The van der Waals surface area contributed by atoms with Gasteiger partial charge < -0.3 is 10.2 Å². The second kappa shape index (κ2) is 7.95. The molecule has 0 saturated carbocycles. The van der Waals surface area contributed by atoms with Crippen LogP contribution in [0, 0.1) is 0 Å². The normalized spacial score (nSPS) is 20.3. The van der Waals surface area contributed by atoms with Gasteiger partial charge in [0.25, 0.3) is 0 Å². The number of aromatic hydroxyl groups is 2. The topological polar surface area (TPSA) is 76.0 Å². The van der Waals surface area contributed by atoms with Crippen LogP contribution in [0.2, 0.25) is 0 Å². The average Bonchev–Trinajstić information content (AvgIpc) is 2.55. The number of phenolic OH excluding ortho intramolecular Hbond substituents is 2. The molecule has 1 aliphatic heterocycles. The van der Waals surface area contributed by atoms with Crippen molar-refractivity contribution in [3.8, 4) is 11.5 Å². The predicted molar refractivity (Wildman–Crippen MR) is 91.9 cm³/mol. The Labute approximate surface area is 141 Å². The van der Waals surface area contributed by atoms with Crippen molar-refractivity contribution in [2.75, 3.05) is 0 Å². The van der Waals surface area contributed by atoms with E-state index in [1.807, 2.05) is 39.0 Å². The van der Waals surface area contributed by atoms with Crippen LogP contribution in [-0.4, -0.2) is 28.7 Å². The SMILES string of the molecule is CC(C)=CCc1cc(O)c(/C=C\C2C=CC(C)OO2)c(C=O)c1O. The summed E-state index contributed by atoms with van der Waals surface area (Å²) in [7, 11) is 0. The van der Waals surface area contributed by atoms with Gasteiger partial charge in [-0.25, -0.2) is 9.78 Å². The molecule has 24 heavy (non-hydrogen) atoms. The van der Waals surface area contributed by atoms with E-state index in [9.17, 15) is 15.0 Å². The summed E-state index contributed by atoms with van der Waals surface area (Å²) < 4.78 is 0. The van der Waals surface area contributed by atoms with Gasteiger partial charge in [-0.2, -0.15) is 0 Å². The van der Waals surface area contributed by atoms with Crippen LogP contribution in [0.5, 0.6) is 11.5 Å². The Hall–Kier alpha value is -2.37. The second-order valence-corrected chi connectivity index (χ2v) is 5.94. The quantitative estimate of drug-likeness (QED) is 0.372. The first kappa shape index (κ1) is 18.0. The number of benzene rings is 1. The molecule has 1 aromatic carbocycles. The van der Waals surface area contributed by atoms with Gasteiger partial charge in [0.1, 0.15) is 23.7 Å². The number of rotatable bonds is 5. The number of carbonyl (C=O) groups is 1. The fourth-order valence-electron chi connectivity index (χ4n) is 2.28. The van der Waals surface area contributed by atoms with E-state index in [1.54, 1.807) is 6.08 Å². The molecule has 1 aromatic rings. The largest absolute Gasteiger partial charge is 0.507 e. The molecule has 2 unspecified atom stereocenters. The highest BCUT2D eigenvalue weighted by molar-refractivity contribution is 5.88. The van der Waals surface area contributed by atoms with E-state index in [2.05, 4.69) is 0 Å². The lowest BCUT2D eigenvalue weighted by Gasteiger charge is -2.17. The smallest absolute Gasteiger partial charge is 0.154 e. The molecule has 0 aliphatic carbocycles. The van der Waals surface area contributed by atoms with E-state index < -0.39 is 6.10 Å². The van der Waals surface area contributed by atoms with E-state index in [1.165, 1.54) is 12.1 Å². The number of carbonyl (C=O) groups excluding carboxylic acids is 1. The molecule has 0 bridgehead atoms. The van der Waals surface area contributed by atoms with Crippen LogP contribution in [-0.2, 0) is 16.2 Å². The van der Waals surface area contributed by atoms with E-state index in [4.69, 9.17) is 9.78 Å². The van der Waals surface area contributed by atoms with Gasteiger partial charge in [-0.3, -0.25) is 4.79 Å². The Bertz CT molecular complexity index is 696. The molecule has 2 N–H and O–H groups in total. The Kier molecular flexibility index (Phi) is 5.95. The average molecular weight is 330 g/mol. The number of allylic oxidation sites excluding steroid dienone is 2. The van der Waals surface area contributed by atoms with Crippen LogP contribution >= 0.6 is 0 Å². The zero-order valence-corrected chi connectivity index (χ0v) is 14.0. The van der Waals surface area contributed by atoms with Gasteiger partial charge in [0.2, 0.25) is 0 Å². The number of hydrogen-bond acceptors (Lipinski definition) is 5. The fourth-order valence-corrected chi connectivity index (χ4v) is 2.28. The van der Waals surface area contributed by atoms with Gasteiger partial charge in [0.15, 0.2) is 6.29 Å². The maximum atomic E-state index is 11.4. The molecule has 5 nitrogen and oxygen atoms in total. The third-order valence-corrected chi connectivity index (χ3v) is 3.63. The summed E-state index contributed by atoms with van der Waals surface area (Å²) in [6.45, 7) is 5.72. The van der Waals surface area contributed by atoms with Gasteiger partial charge >= 0.3 is 0 Å². The summed E-state index contributed by atoms with van der Waals surface area (Å²) in [6, 6.07) is 1.47. The summed E-state index contributed by atoms with van der Waals surface area (Å²) >= 11 is 0. The number of aldehydes is 1. The van der Waals surface area contributed by atoms with Crippen LogP contribution in [0.4, 0.5) is 0 Å². The Morgan fingerprint density at radius 1 is 1.21 bits per heavy atom. The Morgan fingerprint density at radius 2 is 1.96 bits per heavy atom. The zero-order chi connectivity index (χ0) is 17.7. The third kappa shape index (κ3) is 4.34. The first-order valence-electron chi connectivity index (χ1n) is 7.77. The van der Waals surface area contributed by atoms with Gasteiger partial charge in [-0.15, -0.1) is 0 Å². The number of hydrogen-bond donors (Lipinski definition) is 2. The maximum Gasteiger partial charge on any atom is 0.154 e. The molecule has 1 heterocycles. The van der Waals surface area contributed by atoms with Crippen LogP contribution in [0.15, 0.2) is 35.9 Å². The minimum atomic E-state index is -0.424. The van der Waals surface area contributed by atoms with Gasteiger partial charge in [0.05, 0.1) is 5.56 Å². The first-order chi connectivity index (χ1) is 11.4. The van der Waals surface area contributed by atoms with Crippen molar-refractivity contribution < 1.29 is 24.8 Å². The van der Waals surface area contributed by atoms with Crippen LogP contribution in [0.1, 0.15) is 42.3 Å². The molecule has 0 spiro atoms. The van der Waals surface area contributed by atoms with E-state index in [0.717, 1.165) is 5.57 Å². The number of phenols is 2. The molecule has 0 saturated heterocycles. The molecule has 128 valence electrons. The molecular weight excluding hydrogens is 308 g/mol. The van der Waals surface area contributed by atoms with Crippen molar-refractivity contribution >= 4 is 12.4 Å². The molecule has 0 amide bonds. The van der Waals surface area contributed by atoms with Crippen LogP contribution in [0.25, 0.3) is 6.08 Å². The van der Waals surface area contributed by atoms with E-state index in [0.29, 0.717) is 18.3 Å². The van der Waals surface area contributed by atoms with E-state index in [-0.39, 0.29) is 28.7 Å². The first-order valence-corrected chi connectivity index (χ1v) is 7.77. The highest BCUT2D eigenvalue weighted by Gasteiger charge is 2.16. The molecule has 1 aliphatic rings. The lowest BCUT2D eigenvalue weighted by molar-refractivity contribution is -0.326. The zero-order valence-electron chi connectivity index (χ0n) is 14.0. The molecular formula is C19H22O5. The summed E-state index contributed by atoms with van der Waals surface area (Å²) in [6.07, 6.45) is 9.18. The Balaban J connectivity index is 2.33. The third-order valence-electron chi connectivity index (χ3n) is 3.63. The summed E-state index contributed by atoms with van der Waals surface area (Å²) in [4.78, 5) is 21.6. The highest BCUT2D eigenvalue weighted by Crippen LogP contribution is 2.34. The van der Waals surface area contributed by atoms with E-state index >= 15 is 0 Å². The maximum absolute atomic E-state index is 11.4. The molecule has 5 heteroatoms. The van der Waals surface area contributed by atoms with Gasteiger partial charge in [-0.05, 0) is 39.3 Å². The van der Waals surface area contributed by atoms with Crippen LogP contribution in [0.3, 0.4) is 0 Å². The lowest BCUT2D eigenvalue weighted by atomic mass is 9.98. The summed E-state index contributed by atoms with van der Waals surface area (Å²) in [5.74, 6) is -0.192. The minimum absolute atomic E-state index is 0.0532. The Morgan fingerprint density at radius 3 is 2.54 bits per heavy atom. The molecule has 0 aromatic heterocycles. The van der Waals surface area contributed by atoms with Crippen molar-refractivity contribution in [3.05, 3.63) is 52.6 Å². The monoisotopic (exact) mass is 330 g/mol. The molecule has 2 rings (SSSR count). The molecule has 0 radical (unpaired) electrons. The van der Waals surface area contributed by atoms with Crippen molar-refractivity contribution in [1.82, 2.24) is 0 Å². The standard InChI is InChI=1S/C19H22O5/c1-12(2)4-6-14-10-18(21)16(17(11-20)19(14)22)9-8-15-7-5-13(3)23-24-15/h4-5,7-11,13,15,21-22H,6H2,1-3H3/b9-8-. The highest BCUT2D eigenvalue weighted by atomic mass is 17.2. The summed E-state index contributed by atoms with van der Waals surface area (Å²) in [5, 5.41) is 20.5. The summed E-state index contributed by atoms with van der Waals surface area (Å²) in [5.41, 5.74) is 1.89. The molecule has 0 fully saturated rings. The van der Waals surface area contributed by atoms with Crippen molar-refractivity contribution in [3.63, 3.8) is 0 Å². The minimum Gasteiger partial charge on any atom is -0.507 e. The van der Waals surface area contributed by atoms with Gasteiger partial charge in [-0.1, -0.05) is 29.9 Å². The van der Waals surface area contributed by atoms with Gasteiger partial charge in [0, 0.05) is 11.1 Å². The molecule has 2 atom stereocenters. The second-order valence-electron chi connectivity index (χ2n) is 5.94. The fraction of sp³-hybridized carbons (Fsp3) is 0.316. The van der Waals surface area contributed by atoms with Crippen molar-refractivity contribution in [1.29, 1.82) is 0 Å². The van der Waals surface area contributed by atoms with Crippen molar-refractivity contribution in [2.45, 2.75) is 39.4 Å². The predicted octanol–water partition coefficient (Wildman–Crippen LogP) is 3.71. The van der Waals surface area contributed by atoms with Crippen LogP contribution < -0.4 is 0 Å².